The van der Waals surface area contributed by atoms with Crippen molar-refractivity contribution in [3.05, 3.63) is 33.7 Å². The summed E-state index contributed by atoms with van der Waals surface area (Å²) in [6.45, 7) is 4.00. The van der Waals surface area contributed by atoms with Gasteiger partial charge in [-0.05, 0) is 0 Å². The summed E-state index contributed by atoms with van der Waals surface area (Å²) >= 11 is 0. The fourth-order valence-electron chi connectivity index (χ4n) is 1.01. The molecule has 1 aromatic heterocycles. The van der Waals surface area contributed by atoms with Crippen LogP contribution in [0.25, 0.3) is 0 Å². The number of H-pyrrole nitrogens is 1. The van der Waals surface area contributed by atoms with Crippen molar-refractivity contribution < 1.29 is 19.1 Å². The summed E-state index contributed by atoms with van der Waals surface area (Å²) in [4.78, 5) is 36.3. The minimum absolute atomic E-state index is 0.236. The van der Waals surface area contributed by atoms with E-state index < -0.39 is 17.4 Å². The van der Waals surface area contributed by atoms with Gasteiger partial charge in [-0.3, -0.25) is 4.79 Å². The van der Waals surface area contributed by atoms with Crippen LogP contribution in [0.1, 0.15) is 34.6 Å². The number of hydrogen-bond acceptors (Lipinski definition) is 5. The number of hydrogen-bond donors (Lipinski definition) is 1. The minimum Gasteiger partial charge on any atom is -0.465 e. The van der Waals surface area contributed by atoms with Gasteiger partial charge in [-0.2, -0.15) is 0 Å². The molecule has 1 aromatic rings. The molecule has 0 spiro atoms. The molecule has 0 aliphatic carbocycles. The van der Waals surface area contributed by atoms with E-state index in [1.165, 1.54) is 12.4 Å². The Balaban J connectivity index is 0.00000121. The summed E-state index contributed by atoms with van der Waals surface area (Å²) in [5.41, 5.74) is -1.19. The van der Waals surface area contributed by atoms with Gasteiger partial charge in [-0.15, -0.1) is 0 Å². The molecule has 0 aliphatic heterocycles. The Labute approximate surface area is 98.6 Å². The smallest absolute Gasteiger partial charge is 0.343 e. The molecule has 0 unspecified atom stereocenters. The van der Waals surface area contributed by atoms with Gasteiger partial charge in [-0.1, -0.05) is 13.8 Å². The van der Waals surface area contributed by atoms with E-state index in [9.17, 15) is 14.4 Å². The first-order valence-corrected chi connectivity index (χ1v) is 4.99. The van der Waals surface area contributed by atoms with Crippen LogP contribution in [0.4, 0.5) is 0 Å². The molecule has 0 fully saturated rings. The Morgan fingerprint density at radius 3 is 1.65 bits per heavy atom. The highest BCUT2D eigenvalue weighted by atomic mass is 16.5. The largest absolute Gasteiger partial charge is 0.465 e. The molecule has 0 saturated carbocycles. The van der Waals surface area contributed by atoms with Crippen LogP contribution in [-0.2, 0) is 9.47 Å². The zero-order valence-electron chi connectivity index (χ0n) is 10.2. The molecule has 1 heterocycles. The van der Waals surface area contributed by atoms with Crippen LogP contribution in [0.15, 0.2) is 17.2 Å². The lowest BCUT2D eigenvalue weighted by Gasteiger charge is -2.01. The van der Waals surface area contributed by atoms with E-state index in [0.717, 1.165) is 14.2 Å². The van der Waals surface area contributed by atoms with E-state index in [-0.39, 0.29) is 11.1 Å². The Morgan fingerprint density at radius 1 is 1.00 bits per heavy atom. The van der Waals surface area contributed by atoms with Gasteiger partial charge < -0.3 is 14.5 Å². The van der Waals surface area contributed by atoms with E-state index in [2.05, 4.69) is 14.5 Å². The topological polar surface area (TPSA) is 85.5 Å². The van der Waals surface area contributed by atoms with Crippen molar-refractivity contribution in [3.63, 3.8) is 0 Å². The van der Waals surface area contributed by atoms with Gasteiger partial charge in [0, 0.05) is 12.4 Å². The first kappa shape index (κ1) is 14.9. The second-order valence-electron chi connectivity index (χ2n) is 2.59. The number of aromatic amines is 1. The molecule has 0 bridgehead atoms. The number of pyridine rings is 1. The number of rotatable bonds is 2. The first-order chi connectivity index (χ1) is 8.11. The van der Waals surface area contributed by atoms with Crippen LogP contribution in [0.5, 0.6) is 0 Å². The third-order valence-electron chi connectivity index (χ3n) is 1.76. The minimum atomic E-state index is -0.804. The highest BCUT2D eigenvalue weighted by Crippen LogP contribution is 1.97. The number of carbonyl (C=O) groups is 2. The number of esters is 2. The third-order valence-corrected chi connectivity index (χ3v) is 1.76. The average Bonchev–Trinajstić information content (AvgIpc) is 2.39. The monoisotopic (exact) mass is 241 g/mol. The van der Waals surface area contributed by atoms with Crippen molar-refractivity contribution >= 4 is 11.9 Å². The normalized spacial score (nSPS) is 8.71. The predicted molar refractivity (Wildman–Crippen MR) is 61.1 cm³/mol. The molecular weight excluding hydrogens is 226 g/mol. The molecule has 1 rings (SSSR count). The number of carbonyl (C=O) groups excluding carboxylic acids is 2. The van der Waals surface area contributed by atoms with Crippen molar-refractivity contribution in [1.29, 1.82) is 0 Å². The lowest BCUT2D eigenvalue weighted by atomic mass is 10.2. The Hall–Kier alpha value is -2.11. The summed E-state index contributed by atoms with van der Waals surface area (Å²) in [5.74, 6) is -1.61. The lowest BCUT2D eigenvalue weighted by Crippen LogP contribution is -2.23. The first-order valence-electron chi connectivity index (χ1n) is 4.99. The maximum atomic E-state index is 11.5. The third kappa shape index (κ3) is 3.44. The van der Waals surface area contributed by atoms with Crippen LogP contribution < -0.4 is 5.43 Å². The Bertz CT molecular complexity index is 412. The maximum Gasteiger partial charge on any atom is 0.343 e. The van der Waals surface area contributed by atoms with Crippen LogP contribution in [0, 0.1) is 0 Å². The second-order valence-corrected chi connectivity index (χ2v) is 2.59. The highest BCUT2D eigenvalue weighted by molar-refractivity contribution is 5.94. The van der Waals surface area contributed by atoms with E-state index in [1.54, 1.807) is 0 Å². The molecule has 0 saturated heterocycles. The van der Waals surface area contributed by atoms with Crippen molar-refractivity contribution in [1.82, 2.24) is 4.98 Å². The average molecular weight is 241 g/mol. The number of ether oxygens (including phenoxy) is 2. The quantitative estimate of drug-likeness (QED) is 0.780. The van der Waals surface area contributed by atoms with Gasteiger partial charge in [0.05, 0.1) is 14.2 Å². The molecular formula is C11H15NO5. The van der Waals surface area contributed by atoms with Crippen LogP contribution in [-0.4, -0.2) is 31.1 Å². The summed E-state index contributed by atoms with van der Waals surface area (Å²) in [7, 11) is 2.29. The lowest BCUT2D eigenvalue weighted by molar-refractivity contribution is 0.0595. The Morgan fingerprint density at radius 2 is 1.35 bits per heavy atom. The molecule has 0 radical (unpaired) electrons. The molecule has 94 valence electrons. The highest BCUT2D eigenvalue weighted by Gasteiger charge is 2.17. The molecule has 17 heavy (non-hydrogen) atoms. The number of nitrogens with one attached hydrogen (secondary N) is 1. The SMILES string of the molecule is CC.COC(=O)c1c[nH]cc(C(=O)OC)c1=O. The maximum absolute atomic E-state index is 11.5. The fraction of sp³-hybridized carbons (Fsp3) is 0.364. The molecule has 1 N–H and O–H groups in total. The van der Waals surface area contributed by atoms with E-state index in [4.69, 9.17) is 0 Å². The molecule has 0 atom stereocenters. The van der Waals surface area contributed by atoms with Crippen molar-refractivity contribution in [2.45, 2.75) is 13.8 Å². The van der Waals surface area contributed by atoms with Gasteiger partial charge in [-0.25, -0.2) is 9.59 Å². The van der Waals surface area contributed by atoms with Gasteiger partial charge in [0.1, 0.15) is 11.1 Å². The second kappa shape index (κ2) is 7.21. The van der Waals surface area contributed by atoms with Gasteiger partial charge in [0.2, 0.25) is 5.43 Å². The van der Waals surface area contributed by atoms with Gasteiger partial charge >= 0.3 is 11.9 Å². The standard InChI is InChI=1S/C9H9NO5.C2H6/c1-14-8(12)5-3-10-4-6(7(5)11)9(13)15-2;1-2/h3-4H,1-2H3,(H,10,11);1-2H3. The zero-order chi connectivity index (χ0) is 13.4. The fourth-order valence-corrected chi connectivity index (χ4v) is 1.01. The zero-order valence-corrected chi connectivity index (χ0v) is 10.2. The predicted octanol–water partition coefficient (Wildman–Crippen LogP) is 0.974. The molecule has 6 heteroatoms. The van der Waals surface area contributed by atoms with Crippen LogP contribution >= 0.6 is 0 Å². The van der Waals surface area contributed by atoms with E-state index >= 15 is 0 Å². The summed E-state index contributed by atoms with van der Waals surface area (Å²) in [5, 5.41) is 0. The van der Waals surface area contributed by atoms with Crippen LogP contribution in [0.3, 0.4) is 0 Å². The molecule has 0 aliphatic rings. The number of methoxy groups -OCH3 is 2. The molecule has 6 nitrogen and oxygen atoms in total. The van der Waals surface area contributed by atoms with E-state index in [0.29, 0.717) is 0 Å². The summed E-state index contributed by atoms with van der Waals surface area (Å²) in [6, 6.07) is 0. The molecule has 0 aromatic carbocycles. The van der Waals surface area contributed by atoms with Crippen LogP contribution in [0.2, 0.25) is 0 Å². The van der Waals surface area contributed by atoms with E-state index in [1.807, 2.05) is 13.8 Å². The van der Waals surface area contributed by atoms with Gasteiger partial charge in [0.25, 0.3) is 0 Å². The van der Waals surface area contributed by atoms with Crippen molar-refractivity contribution in [2.75, 3.05) is 14.2 Å². The van der Waals surface area contributed by atoms with Crippen molar-refractivity contribution in [2.24, 2.45) is 0 Å². The molecule has 0 amide bonds. The number of aromatic nitrogens is 1. The summed E-state index contributed by atoms with van der Waals surface area (Å²) < 4.78 is 8.75. The summed E-state index contributed by atoms with van der Waals surface area (Å²) in [6.07, 6.45) is 2.33. The van der Waals surface area contributed by atoms with Gasteiger partial charge in [0.15, 0.2) is 0 Å². The Kier molecular flexibility index (Phi) is 6.32. The van der Waals surface area contributed by atoms with Crippen molar-refractivity contribution in [3.8, 4) is 0 Å².